The van der Waals surface area contributed by atoms with Crippen molar-refractivity contribution in [2.75, 3.05) is 26.2 Å². The molecule has 2 N–H and O–H groups in total. The zero-order valence-electron chi connectivity index (χ0n) is 16.2. The molecule has 10 nitrogen and oxygen atoms in total. The van der Waals surface area contributed by atoms with Gasteiger partial charge in [-0.15, -0.1) is 5.06 Å². The van der Waals surface area contributed by atoms with Gasteiger partial charge in [-0.3, -0.25) is 24.1 Å². The molecule has 2 rings (SSSR count). The van der Waals surface area contributed by atoms with Crippen LogP contribution in [0.1, 0.15) is 51.9 Å². The SMILES string of the molecule is [13CH3][13CH2]C1CCC[15N]1[13CH2]C(=O)NCCC(=O)[15NH][13CH2][13CH2][13C](=O)ON1C(=O)CCC1=O. The summed E-state index contributed by atoms with van der Waals surface area (Å²) in [4.78, 5) is 64.9. The van der Waals surface area contributed by atoms with Crippen LogP contribution in [0.3, 0.4) is 0 Å². The van der Waals surface area contributed by atoms with Crippen molar-refractivity contribution in [2.24, 2.45) is 0 Å². The van der Waals surface area contributed by atoms with Gasteiger partial charge in [-0.2, -0.15) is 0 Å². The summed E-state index contributed by atoms with van der Waals surface area (Å²) in [7, 11) is 0. The first-order chi connectivity index (χ1) is 13.4. The zero-order chi connectivity index (χ0) is 20.5. The lowest BCUT2D eigenvalue weighted by Gasteiger charge is -2.22. The number of likely N-dealkylation sites (tertiary alicyclic amines) is 1. The van der Waals surface area contributed by atoms with Crippen LogP contribution in [0.2, 0.25) is 0 Å². The van der Waals surface area contributed by atoms with Gasteiger partial charge in [0.05, 0.1) is 13.0 Å². The molecule has 0 bridgehead atoms. The average Bonchev–Trinajstić information content (AvgIpc) is 3.22. The molecule has 0 saturated carbocycles. The first-order valence-electron chi connectivity index (χ1n) is 9.74. The summed E-state index contributed by atoms with van der Waals surface area (Å²) in [6.45, 7) is 3.63. The van der Waals surface area contributed by atoms with Gasteiger partial charge in [0.15, 0.2) is 0 Å². The van der Waals surface area contributed by atoms with Gasteiger partial charge in [-0.05, 0) is 25.8 Å². The molecule has 0 aliphatic carbocycles. The molecule has 156 valence electrons. The number of hydrogen-bond donors (Lipinski definition) is 2. The highest BCUT2D eigenvalue weighted by molar-refractivity contribution is 6.01. The third-order valence-electron chi connectivity index (χ3n) is 4.84. The van der Waals surface area contributed by atoms with Crippen LogP contribution in [0.5, 0.6) is 0 Å². The van der Waals surface area contributed by atoms with Crippen LogP contribution in [-0.2, 0) is 28.8 Å². The van der Waals surface area contributed by atoms with Crippen LogP contribution in [0.15, 0.2) is 0 Å². The number of hydrogen-bond acceptors (Lipinski definition) is 7. The van der Waals surface area contributed by atoms with Gasteiger partial charge >= 0.3 is 5.97 Å². The van der Waals surface area contributed by atoms with Gasteiger partial charge in [0, 0.05) is 38.4 Å². The third kappa shape index (κ3) is 6.59. The Kier molecular flexibility index (Phi) is 8.37. The van der Waals surface area contributed by atoms with Gasteiger partial charge in [-0.1, -0.05) is 6.92 Å². The lowest BCUT2D eigenvalue weighted by molar-refractivity contribution is -0.197. The van der Waals surface area contributed by atoms with Crippen LogP contribution >= 0.6 is 0 Å². The highest BCUT2D eigenvalue weighted by Gasteiger charge is 2.32. The normalized spacial score (nSPS) is 19.8. The molecule has 0 aromatic heterocycles. The molecular weight excluding hydrogens is 376 g/mol. The molecule has 2 fully saturated rings. The topological polar surface area (TPSA) is 125 Å². The zero-order valence-corrected chi connectivity index (χ0v) is 16.2. The molecule has 1 atom stereocenters. The number of rotatable bonds is 10. The second-order valence-electron chi connectivity index (χ2n) is 6.92. The Balaban J connectivity index is 1.54. The number of amides is 4. The summed E-state index contributed by atoms with van der Waals surface area (Å²) in [6, 6.07) is 0.458. The van der Waals surface area contributed by atoms with Crippen molar-refractivity contribution in [3.05, 3.63) is 0 Å². The number of imide groups is 1. The molecule has 2 aliphatic rings. The summed E-state index contributed by atoms with van der Waals surface area (Å²) >= 11 is 0. The third-order valence-corrected chi connectivity index (χ3v) is 4.84. The number of nitrogens with zero attached hydrogens (tertiary/aromatic N) is 2. The number of hydroxylamine groups is 2. The van der Waals surface area contributed by atoms with Crippen LogP contribution in [0.25, 0.3) is 0 Å². The largest absolute Gasteiger partial charge is 0.355 e. The number of carbonyl (C=O) groups excluding carboxylic acids is 5. The lowest BCUT2D eigenvalue weighted by atomic mass is 10.3. The molecule has 0 aromatic carbocycles. The Morgan fingerprint density at radius 2 is 1.68 bits per heavy atom. The first-order valence-corrected chi connectivity index (χ1v) is 9.74. The van der Waals surface area contributed by atoms with E-state index in [9.17, 15) is 24.0 Å². The number of carbonyl (C=O) groups is 5. The maximum absolute atomic E-state index is 12.0. The fourth-order valence-electron chi connectivity index (χ4n) is 3.32. The monoisotopic (exact) mass is 404 g/mol. The van der Waals surface area contributed by atoms with Crippen molar-refractivity contribution >= 4 is 29.6 Å². The summed E-state index contributed by atoms with van der Waals surface area (Å²) in [6.07, 6.45) is 3.25. The van der Waals surface area contributed by atoms with Crippen LogP contribution in [0, 0.1) is 0 Å². The van der Waals surface area contributed by atoms with Gasteiger partial charge < -0.3 is 15.5 Å². The van der Waals surface area contributed by atoms with Crippen LogP contribution in [-0.4, -0.2) is 71.8 Å². The van der Waals surface area contributed by atoms with Crippen molar-refractivity contribution in [1.29, 1.82) is 0 Å². The Morgan fingerprint density at radius 1 is 1.04 bits per heavy atom. The van der Waals surface area contributed by atoms with E-state index < -0.39 is 17.8 Å². The Hall–Kier alpha value is -2.49. The molecule has 1 unspecified atom stereocenters. The van der Waals surface area contributed by atoms with Crippen molar-refractivity contribution in [2.45, 2.75) is 57.9 Å². The van der Waals surface area contributed by atoms with Gasteiger partial charge in [-0.25, -0.2) is 4.79 Å². The van der Waals surface area contributed by atoms with Crippen molar-refractivity contribution in [3.8, 4) is 0 Å². The smallest absolute Gasteiger partial charge is 0.334 e. The number of nitrogens with one attached hydrogen (secondary N) is 2. The fourth-order valence-corrected chi connectivity index (χ4v) is 3.32. The van der Waals surface area contributed by atoms with Gasteiger partial charge in [0.1, 0.15) is 0 Å². The van der Waals surface area contributed by atoms with E-state index in [4.69, 9.17) is 4.84 Å². The van der Waals surface area contributed by atoms with Crippen LogP contribution in [0.4, 0.5) is 0 Å². The second-order valence-corrected chi connectivity index (χ2v) is 6.92. The maximum Gasteiger partial charge on any atom is 0.334 e. The standard InChI is InChI=1S/C18H28N4O6/c1-2-13-4-3-11-21(13)12-15(24)20-9-7-14(23)19-10-8-18(27)28-22-16(25)5-6-17(22)26/h13H,2-12H2,1H3,(H,19,23)(H,20,24)/i1+1,2+1,8+1,10+1,12+1,18+1,19+1,21+1. The minimum Gasteiger partial charge on any atom is -0.355 e. The molecule has 10 heteroatoms. The summed E-state index contributed by atoms with van der Waals surface area (Å²) in [5.74, 6) is -2.27. The Labute approximate surface area is 163 Å². The van der Waals surface area contributed by atoms with E-state index in [-0.39, 0.29) is 50.6 Å². The predicted molar refractivity (Wildman–Crippen MR) is 97.3 cm³/mol. The quantitative estimate of drug-likeness (QED) is 0.285. The highest BCUT2D eigenvalue weighted by Crippen LogP contribution is 2.18. The summed E-state index contributed by atoms with van der Waals surface area (Å²) in [5, 5.41) is 5.74. The predicted octanol–water partition coefficient (Wildman–Crippen LogP) is -0.519. The molecule has 0 radical (unpaired) electrons. The van der Waals surface area contributed by atoms with Crippen molar-refractivity contribution in [3.63, 3.8) is 0 Å². The highest BCUT2D eigenvalue weighted by atomic mass is 16.8. The minimum atomic E-state index is -0.770. The van der Waals surface area contributed by atoms with E-state index in [1.54, 1.807) is 0 Å². The van der Waals surface area contributed by atoms with E-state index >= 15 is 0 Å². The van der Waals surface area contributed by atoms with Crippen LogP contribution < -0.4 is 10.6 Å². The molecule has 0 aromatic rings. The molecule has 4 amide bonds. The van der Waals surface area contributed by atoms with E-state index in [0.717, 1.165) is 25.8 Å². The van der Waals surface area contributed by atoms with Gasteiger partial charge in [0.2, 0.25) is 11.8 Å². The first kappa shape index (κ1) is 21.8. The minimum absolute atomic E-state index is 0.0216. The molecule has 2 aliphatic heterocycles. The molecule has 28 heavy (non-hydrogen) atoms. The van der Waals surface area contributed by atoms with Crippen molar-refractivity contribution in [1.82, 2.24) is 20.6 Å². The van der Waals surface area contributed by atoms with Crippen molar-refractivity contribution < 1.29 is 28.8 Å². The second kappa shape index (κ2) is 10.7. The Bertz CT molecular complexity index is 607. The molecule has 0 spiro atoms. The van der Waals surface area contributed by atoms with E-state index in [1.165, 1.54) is 0 Å². The van der Waals surface area contributed by atoms with E-state index in [2.05, 4.69) is 22.5 Å². The van der Waals surface area contributed by atoms with E-state index in [1.807, 2.05) is 0 Å². The molecule has 2 heterocycles. The fraction of sp³-hybridized carbons (Fsp3) is 0.722. The lowest BCUT2D eigenvalue weighted by Crippen LogP contribution is -2.40. The van der Waals surface area contributed by atoms with Gasteiger partial charge in [0.25, 0.3) is 11.8 Å². The molecule has 2 saturated heterocycles. The molecular formula is C18H28N4O6. The van der Waals surface area contributed by atoms with E-state index in [0.29, 0.717) is 17.6 Å². The summed E-state index contributed by atoms with van der Waals surface area (Å²) < 4.78 is 0. The maximum atomic E-state index is 12.0. The Morgan fingerprint density at radius 3 is 2.36 bits per heavy atom. The summed E-state index contributed by atoms with van der Waals surface area (Å²) in [5.41, 5.74) is 0. The average molecular weight is 404 g/mol.